The Hall–Kier alpha value is -3.04. The molecule has 0 saturated heterocycles. The van der Waals surface area contributed by atoms with Gasteiger partial charge in [0.05, 0.1) is 25.9 Å². The number of ether oxygens (including phenoxy) is 2. The van der Waals surface area contributed by atoms with Crippen molar-refractivity contribution >= 4 is 28.5 Å². The molecule has 0 fully saturated rings. The van der Waals surface area contributed by atoms with E-state index in [-0.39, 0.29) is 13.2 Å². The monoisotopic (exact) mass is 431 g/mol. The summed E-state index contributed by atoms with van der Waals surface area (Å²) in [5.74, 6) is 1.11. The highest BCUT2D eigenvalue weighted by Gasteiger charge is 2.24. The highest BCUT2D eigenvalue weighted by molar-refractivity contribution is 6.30. The van der Waals surface area contributed by atoms with Gasteiger partial charge in [-0.05, 0) is 32.0 Å². The molecule has 3 aromatic heterocycles. The Morgan fingerprint density at radius 2 is 1.87 bits per heavy atom. The topological polar surface area (TPSA) is 84.7 Å². The van der Waals surface area contributed by atoms with Gasteiger partial charge in [0.1, 0.15) is 5.75 Å². The van der Waals surface area contributed by atoms with Gasteiger partial charge in [0.25, 0.3) is 5.56 Å². The zero-order valence-corrected chi connectivity index (χ0v) is 18.1. The number of rotatable bonds is 5. The summed E-state index contributed by atoms with van der Waals surface area (Å²) >= 11 is 6.25. The van der Waals surface area contributed by atoms with Crippen molar-refractivity contribution in [3.8, 4) is 11.4 Å². The zero-order chi connectivity index (χ0) is 21.7. The number of fused-ring (bicyclic) bond motifs is 3. The third-order valence-electron chi connectivity index (χ3n) is 5.42. The summed E-state index contributed by atoms with van der Waals surface area (Å²) in [6, 6.07) is 5.30. The minimum absolute atomic E-state index is 0.159. The smallest absolute Gasteiger partial charge is 0.332 e. The fourth-order valence-corrected chi connectivity index (χ4v) is 3.92. The lowest BCUT2D eigenvalue weighted by atomic mass is 10.2. The largest absolute Gasteiger partial charge is 0.495 e. The Morgan fingerprint density at radius 1 is 1.13 bits per heavy atom. The van der Waals surface area contributed by atoms with Gasteiger partial charge in [0, 0.05) is 30.6 Å². The van der Waals surface area contributed by atoms with Gasteiger partial charge in [-0.2, -0.15) is 4.98 Å². The normalized spacial score (nSPS) is 11.7. The van der Waals surface area contributed by atoms with E-state index in [1.165, 1.54) is 16.2 Å². The SMILES string of the molecule is COCCn1c(=O)c2c(nc3n(-c4cc(Cl)ccc4OC)c(C)c(C)n23)n(C)c1=O. The molecule has 0 aliphatic rings. The predicted octanol–water partition coefficient (Wildman–Crippen LogP) is 2.06. The molecule has 0 aliphatic heterocycles. The van der Waals surface area contributed by atoms with Crippen LogP contribution in [0.15, 0.2) is 27.8 Å². The van der Waals surface area contributed by atoms with E-state index in [1.807, 2.05) is 18.4 Å². The summed E-state index contributed by atoms with van der Waals surface area (Å²) in [6.07, 6.45) is 0. The summed E-state index contributed by atoms with van der Waals surface area (Å²) in [6.45, 7) is 4.25. The molecule has 10 heteroatoms. The van der Waals surface area contributed by atoms with Crippen LogP contribution >= 0.6 is 11.6 Å². The van der Waals surface area contributed by atoms with Crippen molar-refractivity contribution in [2.45, 2.75) is 20.4 Å². The second-order valence-electron chi connectivity index (χ2n) is 7.03. The first-order valence-corrected chi connectivity index (χ1v) is 9.72. The van der Waals surface area contributed by atoms with Crippen LogP contribution in [0.25, 0.3) is 22.6 Å². The number of hydrogen-bond acceptors (Lipinski definition) is 5. The second kappa shape index (κ2) is 7.33. The summed E-state index contributed by atoms with van der Waals surface area (Å²) in [4.78, 5) is 30.7. The molecule has 30 heavy (non-hydrogen) atoms. The molecule has 0 atom stereocenters. The Kier molecular flexibility index (Phi) is 4.95. The van der Waals surface area contributed by atoms with Crippen LogP contribution in [0, 0.1) is 13.8 Å². The molecular formula is C20H22ClN5O4. The number of nitrogens with zero attached hydrogens (tertiary/aromatic N) is 5. The van der Waals surface area contributed by atoms with Crippen LogP contribution in [0.4, 0.5) is 0 Å². The number of halogens is 1. The third-order valence-corrected chi connectivity index (χ3v) is 5.65. The maximum Gasteiger partial charge on any atom is 0.332 e. The maximum absolute atomic E-state index is 13.2. The van der Waals surface area contributed by atoms with Gasteiger partial charge in [0.2, 0.25) is 5.78 Å². The number of benzene rings is 1. The van der Waals surface area contributed by atoms with Crippen LogP contribution in [0.1, 0.15) is 11.4 Å². The number of hydrogen-bond donors (Lipinski definition) is 0. The first kappa shape index (κ1) is 20.2. The molecule has 4 aromatic rings. The van der Waals surface area contributed by atoms with Crippen LogP contribution in [-0.4, -0.2) is 43.9 Å². The molecule has 0 bridgehead atoms. The Labute approximate surface area is 176 Å². The lowest BCUT2D eigenvalue weighted by Gasteiger charge is -2.12. The standard InChI is InChI=1S/C20H22ClN5O4/c1-11-12(2)26-16-17(23(3)20(28)24(18(16)27)8-9-29-4)22-19(26)25(11)14-10-13(21)6-7-15(14)30-5/h6-7,10H,8-9H2,1-5H3. The van der Waals surface area contributed by atoms with Crippen molar-refractivity contribution < 1.29 is 9.47 Å². The van der Waals surface area contributed by atoms with E-state index in [1.54, 1.807) is 36.8 Å². The molecule has 0 unspecified atom stereocenters. The van der Waals surface area contributed by atoms with Crippen LogP contribution in [-0.2, 0) is 18.3 Å². The van der Waals surface area contributed by atoms with Gasteiger partial charge >= 0.3 is 5.69 Å². The first-order valence-electron chi connectivity index (χ1n) is 9.34. The molecule has 1 aromatic carbocycles. The molecule has 0 spiro atoms. The summed E-state index contributed by atoms with van der Waals surface area (Å²) < 4.78 is 16.8. The fraction of sp³-hybridized carbons (Fsp3) is 0.350. The van der Waals surface area contributed by atoms with E-state index in [0.29, 0.717) is 33.4 Å². The van der Waals surface area contributed by atoms with E-state index in [0.717, 1.165) is 11.4 Å². The van der Waals surface area contributed by atoms with E-state index in [2.05, 4.69) is 4.98 Å². The summed E-state index contributed by atoms with van der Waals surface area (Å²) in [7, 11) is 4.71. The number of aryl methyl sites for hydroxylation is 2. The van der Waals surface area contributed by atoms with Crippen LogP contribution in [0.2, 0.25) is 5.02 Å². The molecule has 9 nitrogen and oxygen atoms in total. The Morgan fingerprint density at radius 3 is 2.53 bits per heavy atom. The van der Waals surface area contributed by atoms with Gasteiger partial charge in [-0.1, -0.05) is 11.6 Å². The van der Waals surface area contributed by atoms with Crippen molar-refractivity contribution in [1.82, 2.24) is 23.1 Å². The molecule has 0 N–H and O–H groups in total. The quantitative estimate of drug-likeness (QED) is 0.483. The second-order valence-corrected chi connectivity index (χ2v) is 7.47. The van der Waals surface area contributed by atoms with Crippen molar-refractivity contribution in [1.29, 1.82) is 0 Å². The average Bonchev–Trinajstić information content (AvgIpc) is 3.22. The van der Waals surface area contributed by atoms with Crippen molar-refractivity contribution in [2.75, 3.05) is 20.8 Å². The molecule has 3 heterocycles. The zero-order valence-electron chi connectivity index (χ0n) is 17.4. The van der Waals surface area contributed by atoms with Gasteiger partial charge in [-0.15, -0.1) is 0 Å². The van der Waals surface area contributed by atoms with E-state index >= 15 is 0 Å². The first-order chi connectivity index (χ1) is 14.3. The maximum atomic E-state index is 13.2. The Bertz CT molecular complexity index is 1410. The molecule has 0 radical (unpaired) electrons. The number of imidazole rings is 2. The van der Waals surface area contributed by atoms with E-state index < -0.39 is 11.2 Å². The lowest BCUT2D eigenvalue weighted by Crippen LogP contribution is -2.40. The van der Waals surface area contributed by atoms with Gasteiger partial charge in [-0.3, -0.25) is 22.9 Å². The minimum Gasteiger partial charge on any atom is -0.495 e. The van der Waals surface area contributed by atoms with Gasteiger partial charge in [-0.25, -0.2) is 4.79 Å². The van der Waals surface area contributed by atoms with Gasteiger partial charge < -0.3 is 9.47 Å². The van der Waals surface area contributed by atoms with E-state index in [9.17, 15) is 9.59 Å². The van der Waals surface area contributed by atoms with Crippen molar-refractivity contribution in [2.24, 2.45) is 7.05 Å². The summed E-state index contributed by atoms with van der Waals surface area (Å²) in [5.41, 5.74) is 2.19. The minimum atomic E-state index is -0.438. The van der Waals surface area contributed by atoms with Crippen molar-refractivity contribution in [3.63, 3.8) is 0 Å². The molecular weight excluding hydrogens is 410 g/mol. The average molecular weight is 432 g/mol. The molecule has 0 aliphatic carbocycles. The number of aromatic nitrogens is 5. The third kappa shape index (κ3) is 2.77. The molecule has 0 amide bonds. The van der Waals surface area contributed by atoms with Crippen LogP contribution in [0.5, 0.6) is 5.75 Å². The van der Waals surface area contributed by atoms with Crippen LogP contribution < -0.4 is 16.0 Å². The van der Waals surface area contributed by atoms with Crippen LogP contribution in [0.3, 0.4) is 0 Å². The highest BCUT2D eigenvalue weighted by Crippen LogP contribution is 2.31. The lowest BCUT2D eigenvalue weighted by molar-refractivity contribution is 0.184. The fourth-order valence-electron chi connectivity index (χ4n) is 3.76. The number of methoxy groups -OCH3 is 2. The Balaban J connectivity index is 2.16. The molecule has 158 valence electrons. The van der Waals surface area contributed by atoms with E-state index in [4.69, 9.17) is 21.1 Å². The molecule has 4 rings (SSSR count). The molecule has 0 saturated carbocycles. The summed E-state index contributed by atoms with van der Waals surface area (Å²) in [5, 5.41) is 0.542. The van der Waals surface area contributed by atoms with Crippen molar-refractivity contribution in [3.05, 3.63) is 55.4 Å². The predicted molar refractivity (Wildman–Crippen MR) is 114 cm³/mol. The highest BCUT2D eigenvalue weighted by atomic mass is 35.5. The van der Waals surface area contributed by atoms with Gasteiger partial charge in [0.15, 0.2) is 11.2 Å².